The van der Waals surface area contributed by atoms with Gasteiger partial charge in [0.15, 0.2) is 0 Å². The number of nitrogens with zero attached hydrogens (tertiary/aromatic N) is 2. The largest absolute Gasteiger partial charge is 0.340 e. The van der Waals surface area contributed by atoms with Gasteiger partial charge in [-0.2, -0.15) is 0 Å². The number of rotatable bonds is 2. The van der Waals surface area contributed by atoms with Crippen molar-refractivity contribution in [3.8, 4) is 0 Å². The van der Waals surface area contributed by atoms with E-state index in [9.17, 15) is 9.59 Å². The van der Waals surface area contributed by atoms with E-state index in [1.54, 1.807) is 16.2 Å². The number of aromatic nitrogens is 1. The molecule has 19 heavy (non-hydrogen) atoms. The van der Waals surface area contributed by atoms with Gasteiger partial charge < -0.3 is 10.2 Å². The van der Waals surface area contributed by atoms with E-state index in [-0.39, 0.29) is 18.4 Å². The van der Waals surface area contributed by atoms with Crippen molar-refractivity contribution in [3.63, 3.8) is 0 Å². The highest BCUT2D eigenvalue weighted by Gasteiger charge is 2.48. The van der Waals surface area contributed by atoms with Crippen molar-refractivity contribution in [2.45, 2.75) is 44.7 Å². The summed E-state index contributed by atoms with van der Waals surface area (Å²) in [6.45, 7) is 2.54. The Balaban J connectivity index is 1.80. The molecular weight excluding hydrogens is 262 g/mol. The SMILES string of the molecule is Cc1csc(CN2CC(=O)NC3(CCCC3)C2=O)n1. The summed E-state index contributed by atoms with van der Waals surface area (Å²) in [6.07, 6.45) is 3.56. The third-order valence-corrected chi connectivity index (χ3v) is 4.81. The predicted octanol–water partition coefficient (Wildman–Crippen LogP) is 1.22. The molecule has 1 saturated heterocycles. The minimum Gasteiger partial charge on any atom is -0.340 e. The van der Waals surface area contributed by atoms with Gasteiger partial charge in [0.1, 0.15) is 17.1 Å². The molecule has 0 atom stereocenters. The maximum atomic E-state index is 12.6. The molecule has 2 fully saturated rings. The highest BCUT2D eigenvalue weighted by Crippen LogP contribution is 2.33. The summed E-state index contributed by atoms with van der Waals surface area (Å²) in [7, 11) is 0. The maximum Gasteiger partial charge on any atom is 0.249 e. The molecule has 0 unspecified atom stereocenters. The predicted molar refractivity (Wildman–Crippen MR) is 71.6 cm³/mol. The number of hydrogen-bond acceptors (Lipinski definition) is 4. The lowest BCUT2D eigenvalue weighted by atomic mass is 9.93. The Bertz CT molecular complexity index is 520. The third-order valence-electron chi connectivity index (χ3n) is 3.86. The van der Waals surface area contributed by atoms with Gasteiger partial charge in [0.2, 0.25) is 11.8 Å². The van der Waals surface area contributed by atoms with Crippen molar-refractivity contribution >= 4 is 23.2 Å². The van der Waals surface area contributed by atoms with Crippen LogP contribution in [0.15, 0.2) is 5.38 Å². The standard InChI is InChI=1S/C13H17N3O2S/c1-9-8-19-11(14-9)7-16-6-10(17)15-13(12(16)18)4-2-3-5-13/h8H,2-7H2,1H3,(H,15,17). The van der Waals surface area contributed by atoms with E-state index in [1.807, 2.05) is 12.3 Å². The highest BCUT2D eigenvalue weighted by molar-refractivity contribution is 7.09. The fourth-order valence-corrected chi connectivity index (χ4v) is 3.78. The lowest BCUT2D eigenvalue weighted by Crippen LogP contribution is -2.65. The van der Waals surface area contributed by atoms with E-state index in [0.717, 1.165) is 36.4 Å². The van der Waals surface area contributed by atoms with E-state index in [0.29, 0.717) is 6.54 Å². The first kappa shape index (κ1) is 12.6. The van der Waals surface area contributed by atoms with Gasteiger partial charge in [0.05, 0.1) is 6.54 Å². The van der Waals surface area contributed by atoms with Crippen LogP contribution in [-0.4, -0.2) is 33.8 Å². The van der Waals surface area contributed by atoms with Crippen LogP contribution in [-0.2, 0) is 16.1 Å². The van der Waals surface area contributed by atoms with Crippen LogP contribution in [0.3, 0.4) is 0 Å². The number of amides is 2. The van der Waals surface area contributed by atoms with Crippen LogP contribution in [0.25, 0.3) is 0 Å². The van der Waals surface area contributed by atoms with Crippen molar-refractivity contribution < 1.29 is 9.59 Å². The van der Waals surface area contributed by atoms with Crippen LogP contribution in [0, 0.1) is 6.92 Å². The fraction of sp³-hybridized carbons (Fsp3) is 0.615. The van der Waals surface area contributed by atoms with Crippen molar-refractivity contribution in [2.24, 2.45) is 0 Å². The summed E-state index contributed by atoms with van der Waals surface area (Å²) in [5, 5.41) is 5.78. The van der Waals surface area contributed by atoms with Crippen LogP contribution in [0.4, 0.5) is 0 Å². The van der Waals surface area contributed by atoms with Gasteiger partial charge in [-0.05, 0) is 19.8 Å². The monoisotopic (exact) mass is 279 g/mol. The number of hydrogen-bond donors (Lipinski definition) is 1. The topological polar surface area (TPSA) is 62.3 Å². The first-order chi connectivity index (χ1) is 9.09. The minimum atomic E-state index is -0.623. The Morgan fingerprint density at radius 1 is 1.42 bits per heavy atom. The van der Waals surface area contributed by atoms with Gasteiger partial charge in [-0.1, -0.05) is 12.8 Å². The Labute approximate surface area is 116 Å². The van der Waals surface area contributed by atoms with Crippen molar-refractivity contribution in [2.75, 3.05) is 6.54 Å². The number of piperazine rings is 1. The van der Waals surface area contributed by atoms with E-state index in [1.165, 1.54) is 0 Å². The molecule has 2 aliphatic rings. The van der Waals surface area contributed by atoms with Crippen LogP contribution in [0.5, 0.6) is 0 Å². The number of carbonyl (C=O) groups is 2. The minimum absolute atomic E-state index is 0.0465. The number of thiazole rings is 1. The summed E-state index contributed by atoms with van der Waals surface area (Å²) < 4.78 is 0. The zero-order valence-corrected chi connectivity index (χ0v) is 11.8. The van der Waals surface area contributed by atoms with Crippen LogP contribution < -0.4 is 5.32 Å². The lowest BCUT2D eigenvalue weighted by Gasteiger charge is -2.39. The van der Waals surface area contributed by atoms with E-state index in [2.05, 4.69) is 10.3 Å². The Morgan fingerprint density at radius 2 is 2.16 bits per heavy atom. The molecule has 1 spiro atoms. The smallest absolute Gasteiger partial charge is 0.249 e. The molecule has 1 aromatic heterocycles. The molecule has 0 aromatic carbocycles. The first-order valence-electron chi connectivity index (χ1n) is 6.60. The highest BCUT2D eigenvalue weighted by atomic mass is 32.1. The summed E-state index contributed by atoms with van der Waals surface area (Å²) >= 11 is 1.54. The van der Waals surface area contributed by atoms with Gasteiger partial charge in [0.25, 0.3) is 0 Å². The molecule has 3 rings (SSSR count). The maximum absolute atomic E-state index is 12.6. The molecule has 5 nitrogen and oxygen atoms in total. The molecule has 2 heterocycles. The molecule has 1 aromatic rings. The summed E-state index contributed by atoms with van der Waals surface area (Å²) in [5.41, 5.74) is 0.339. The Hall–Kier alpha value is -1.43. The van der Waals surface area contributed by atoms with E-state index < -0.39 is 5.54 Å². The second-order valence-electron chi connectivity index (χ2n) is 5.38. The van der Waals surface area contributed by atoms with Crippen LogP contribution in [0.1, 0.15) is 36.4 Å². The van der Waals surface area contributed by atoms with Crippen LogP contribution >= 0.6 is 11.3 Å². The Kier molecular flexibility index (Phi) is 3.05. The number of carbonyl (C=O) groups excluding carboxylic acids is 2. The van der Waals surface area contributed by atoms with Gasteiger partial charge in [-0.3, -0.25) is 9.59 Å². The molecule has 1 aliphatic heterocycles. The van der Waals surface area contributed by atoms with Crippen LogP contribution in [0.2, 0.25) is 0 Å². The zero-order valence-electron chi connectivity index (χ0n) is 10.9. The van der Waals surface area contributed by atoms with Gasteiger partial charge >= 0.3 is 0 Å². The number of nitrogens with one attached hydrogen (secondary N) is 1. The second kappa shape index (κ2) is 4.59. The quantitative estimate of drug-likeness (QED) is 0.885. The summed E-state index contributed by atoms with van der Waals surface area (Å²) in [4.78, 5) is 30.5. The fourth-order valence-electron chi connectivity index (χ4n) is 2.99. The molecule has 6 heteroatoms. The molecule has 0 bridgehead atoms. The summed E-state index contributed by atoms with van der Waals surface area (Å²) in [5.74, 6) is 0.0206. The van der Waals surface area contributed by atoms with Crippen molar-refractivity contribution in [1.82, 2.24) is 15.2 Å². The van der Waals surface area contributed by atoms with E-state index >= 15 is 0 Å². The van der Waals surface area contributed by atoms with Gasteiger partial charge in [-0.25, -0.2) is 4.98 Å². The zero-order chi connectivity index (χ0) is 13.5. The van der Waals surface area contributed by atoms with Crippen molar-refractivity contribution in [3.05, 3.63) is 16.1 Å². The van der Waals surface area contributed by atoms with Gasteiger partial charge in [0, 0.05) is 11.1 Å². The molecule has 1 saturated carbocycles. The molecule has 2 amide bonds. The molecule has 102 valence electrons. The van der Waals surface area contributed by atoms with Crippen molar-refractivity contribution in [1.29, 1.82) is 0 Å². The molecule has 1 N–H and O–H groups in total. The normalized spacial score (nSPS) is 22.1. The average Bonchev–Trinajstić information content (AvgIpc) is 2.96. The lowest BCUT2D eigenvalue weighted by molar-refractivity contribution is -0.150. The molecule has 0 radical (unpaired) electrons. The van der Waals surface area contributed by atoms with Gasteiger partial charge in [-0.15, -0.1) is 11.3 Å². The molecular formula is C13H17N3O2S. The first-order valence-corrected chi connectivity index (χ1v) is 7.48. The average molecular weight is 279 g/mol. The summed E-state index contributed by atoms with van der Waals surface area (Å²) in [6, 6.07) is 0. The second-order valence-corrected chi connectivity index (χ2v) is 6.32. The molecule has 1 aliphatic carbocycles. The van der Waals surface area contributed by atoms with E-state index in [4.69, 9.17) is 0 Å². The Morgan fingerprint density at radius 3 is 2.79 bits per heavy atom. The number of aryl methyl sites for hydroxylation is 1. The third kappa shape index (κ3) is 2.25.